The summed E-state index contributed by atoms with van der Waals surface area (Å²) in [7, 11) is -1.71. The number of aromatic nitrogens is 2. The minimum atomic E-state index is -3.49. The van der Waals surface area contributed by atoms with Crippen molar-refractivity contribution < 1.29 is 8.42 Å². The van der Waals surface area contributed by atoms with Crippen LogP contribution in [0.5, 0.6) is 0 Å². The molecular weight excluding hydrogens is 324 g/mol. The van der Waals surface area contributed by atoms with E-state index in [1.807, 2.05) is 0 Å². The number of nitrogens with one attached hydrogen (secondary N) is 2. The molecule has 1 aliphatic carbocycles. The maximum Gasteiger partial charge on any atom is 0.259 e. The first-order valence-electron chi connectivity index (χ1n) is 7.72. The Labute approximate surface area is 139 Å². The van der Waals surface area contributed by atoms with Crippen LogP contribution in [0.3, 0.4) is 0 Å². The van der Waals surface area contributed by atoms with Gasteiger partial charge in [0, 0.05) is 32.4 Å². The van der Waals surface area contributed by atoms with E-state index >= 15 is 0 Å². The van der Waals surface area contributed by atoms with Crippen LogP contribution in [0.2, 0.25) is 0 Å². The lowest BCUT2D eigenvalue weighted by Crippen LogP contribution is -2.37. The van der Waals surface area contributed by atoms with Crippen molar-refractivity contribution in [2.45, 2.75) is 56.5 Å². The molecule has 0 amide bonds. The van der Waals surface area contributed by atoms with Gasteiger partial charge in [-0.25, -0.2) is 18.1 Å². The van der Waals surface area contributed by atoms with Crippen molar-refractivity contribution in [2.75, 3.05) is 13.1 Å². The minimum Gasteiger partial charge on any atom is -0.337 e. The topological polar surface area (TPSA) is 76.0 Å². The Kier molecular flexibility index (Phi) is 7.82. The Morgan fingerprint density at radius 2 is 1.86 bits per heavy atom. The van der Waals surface area contributed by atoms with Crippen LogP contribution >= 0.6 is 12.4 Å². The first-order valence-corrected chi connectivity index (χ1v) is 9.20. The van der Waals surface area contributed by atoms with Crippen molar-refractivity contribution in [1.29, 1.82) is 0 Å². The average molecular weight is 351 g/mol. The Morgan fingerprint density at radius 3 is 2.41 bits per heavy atom. The van der Waals surface area contributed by atoms with E-state index in [0.29, 0.717) is 25.0 Å². The number of aryl methyl sites for hydroxylation is 2. The van der Waals surface area contributed by atoms with Crippen molar-refractivity contribution >= 4 is 22.4 Å². The first-order chi connectivity index (χ1) is 9.99. The molecule has 0 spiro atoms. The molecule has 8 heteroatoms. The van der Waals surface area contributed by atoms with Gasteiger partial charge in [0.05, 0.1) is 0 Å². The molecule has 0 bridgehead atoms. The summed E-state index contributed by atoms with van der Waals surface area (Å²) in [5.41, 5.74) is 0. The second-order valence-electron chi connectivity index (χ2n) is 5.78. The molecule has 6 nitrogen and oxygen atoms in total. The minimum absolute atomic E-state index is 0. The van der Waals surface area contributed by atoms with Gasteiger partial charge >= 0.3 is 0 Å². The Morgan fingerprint density at radius 1 is 1.23 bits per heavy atom. The fraction of sp³-hybridized carbons (Fsp3) is 0.786. The highest BCUT2D eigenvalue weighted by Crippen LogP contribution is 2.16. The predicted octanol–water partition coefficient (Wildman–Crippen LogP) is 1.74. The van der Waals surface area contributed by atoms with Crippen LogP contribution in [0.15, 0.2) is 11.2 Å². The monoisotopic (exact) mass is 350 g/mol. The van der Waals surface area contributed by atoms with Gasteiger partial charge in [-0.15, -0.1) is 12.4 Å². The zero-order chi connectivity index (χ0) is 15.3. The highest BCUT2D eigenvalue weighted by Gasteiger charge is 2.18. The number of nitrogens with zero attached hydrogens (tertiary/aromatic N) is 2. The van der Waals surface area contributed by atoms with E-state index in [1.54, 1.807) is 18.5 Å². The molecule has 22 heavy (non-hydrogen) atoms. The smallest absolute Gasteiger partial charge is 0.259 e. The summed E-state index contributed by atoms with van der Waals surface area (Å²) >= 11 is 0. The summed E-state index contributed by atoms with van der Waals surface area (Å²) in [5.74, 6) is 0.687. The fourth-order valence-electron chi connectivity index (χ4n) is 2.67. The van der Waals surface area contributed by atoms with Gasteiger partial charge in [-0.1, -0.05) is 25.7 Å². The number of halogens is 1. The van der Waals surface area contributed by atoms with Crippen molar-refractivity contribution in [3.8, 4) is 0 Å². The normalized spacial score (nSPS) is 17.0. The van der Waals surface area contributed by atoms with Crippen LogP contribution in [-0.2, 0) is 17.1 Å². The molecule has 1 heterocycles. The van der Waals surface area contributed by atoms with Gasteiger partial charge in [-0.05, 0) is 19.8 Å². The number of rotatable bonds is 6. The maximum absolute atomic E-state index is 12.1. The summed E-state index contributed by atoms with van der Waals surface area (Å²) < 4.78 is 28.5. The number of sulfonamides is 1. The van der Waals surface area contributed by atoms with Crippen molar-refractivity contribution in [1.82, 2.24) is 19.6 Å². The van der Waals surface area contributed by atoms with Gasteiger partial charge < -0.3 is 9.88 Å². The molecule has 0 unspecified atom stereocenters. The van der Waals surface area contributed by atoms with Gasteiger partial charge in [-0.3, -0.25) is 0 Å². The summed E-state index contributed by atoms with van der Waals surface area (Å²) in [6.07, 6.45) is 9.13. The third kappa shape index (κ3) is 5.53. The lowest BCUT2D eigenvalue weighted by Gasteiger charge is -2.16. The molecule has 2 N–H and O–H groups in total. The summed E-state index contributed by atoms with van der Waals surface area (Å²) in [4.78, 5) is 4.05. The van der Waals surface area contributed by atoms with Gasteiger partial charge in [0.1, 0.15) is 5.82 Å². The molecule has 0 radical (unpaired) electrons. The zero-order valence-corrected chi connectivity index (χ0v) is 15.0. The third-order valence-electron chi connectivity index (χ3n) is 4.07. The van der Waals surface area contributed by atoms with Crippen LogP contribution < -0.4 is 10.0 Å². The maximum atomic E-state index is 12.1. The lowest BCUT2D eigenvalue weighted by atomic mass is 10.1. The Hall–Kier alpha value is -0.630. The lowest BCUT2D eigenvalue weighted by molar-refractivity contribution is 0.461. The summed E-state index contributed by atoms with van der Waals surface area (Å²) in [6, 6.07) is 0.536. The van der Waals surface area contributed by atoms with E-state index in [2.05, 4.69) is 15.0 Å². The molecule has 1 fully saturated rings. The number of imidazole rings is 1. The van der Waals surface area contributed by atoms with E-state index in [9.17, 15) is 8.42 Å². The highest BCUT2D eigenvalue weighted by molar-refractivity contribution is 7.89. The zero-order valence-electron chi connectivity index (χ0n) is 13.3. The third-order valence-corrected chi connectivity index (χ3v) is 5.40. The molecule has 1 aromatic rings. The van der Waals surface area contributed by atoms with E-state index < -0.39 is 10.0 Å². The number of hydrogen-bond acceptors (Lipinski definition) is 4. The quantitative estimate of drug-likeness (QED) is 0.605. The van der Waals surface area contributed by atoms with Crippen molar-refractivity contribution in [2.24, 2.45) is 7.05 Å². The molecular formula is C14H27ClN4O2S. The molecule has 0 atom stereocenters. The van der Waals surface area contributed by atoms with Gasteiger partial charge in [0.2, 0.25) is 0 Å². The molecule has 128 valence electrons. The molecule has 0 aliphatic heterocycles. The van der Waals surface area contributed by atoms with Crippen LogP contribution in [0.1, 0.15) is 44.3 Å². The molecule has 2 rings (SSSR count). The van der Waals surface area contributed by atoms with E-state index in [4.69, 9.17) is 0 Å². The van der Waals surface area contributed by atoms with Crippen LogP contribution in [0, 0.1) is 6.92 Å². The first kappa shape index (κ1) is 19.4. The van der Waals surface area contributed by atoms with Crippen LogP contribution in [-0.4, -0.2) is 37.1 Å². The van der Waals surface area contributed by atoms with E-state index in [1.165, 1.54) is 44.7 Å². The average Bonchev–Trinajstić information content (AvgIpc) is 2.67. The van der Waals surface area contributed by atoms with Gasteiger partial charge in [-0.2, -0.15) is 0 Å². The Balaban J connectivity index is 0.00000242. The van der Waals surface area contributed by atoms with Crippen LogP contribution in [0.4, 0.5) is 0 Å². The number of hydrogen-bond donors (Lipinski definition) is 2. The summed E-state index contributed by atoms with van der Waals surface area (Å²) in [6.45, 7) is 2.84. The molecule has 0 aromatic carbocycles. The van der Waals surface area contributed by atoms with Crippen LogP contribution in [0.25, 0.3) is 0 Å². The summed E-state index contributed by atoms with van der Waals surface area (Å²) in [5, 5.41) is 3.54. The standard InChI is InChI=1S/C14H26N4O2S.ClH/c1-12-17-14(11-18(12)2)21(19,20)16-10-9-15-13-7-5-3-4-6-8-13;/h11,13,15-16H,3-10H2,1-2H3;1H. The van der Waals surface area contributed by atoms with Gasteiger partial charge in [0.15, 0.2) is 5.03 Å². The second kappa shape index (κ2) is 8.86. The molecule has 0 saturated heterocycles. The van der Waals surface area contributed by atoms with Crippen molar-refractivity contribution in [3.05, 3.63) is 12.0 Å². The molecule has 1 saturated carbocycles. The largest absolute Gasteiger partial charge is 0.337 e. The fourth-order valence-corrected chi connectivity index (χ4v) is 3.74. The predicted molar refractivity (Wildman–Crippen MR) is 89.9 cm³/mol. The van der Waals surface area contributed by atoms with Crippen molar-refractivity contribution in [3.63, 3.8) is 0 Å². The van der Waals surface area contributed by atoms with E-state index in [-0.39, 0.29) is 17.4 Å². The second-order valence-corrected chi connectivity index (χ2v) is 7.49. The highest BCUT2D eigenvalue weighted by atomic mass is 35.5. The Bertz CT molecular complexity index is 532. The molecule has 1 aliphatic rings. The van der Waals surface area contributed by atoms with Gasteiger partial charge in [0.25, 0.3) is 10.0 Å². The van der Waals surface area contributed by atoms with E-state index in [0.717, 1.165) is 0 Å². The molecule has 1 aromatic heterocycles. The SMILES string of the molecule is Cc1nc(S(=O)(=O)NCCNC2CCCCCC2)cn1C.Cl.